The van der Waals surface area contributed by atoms with E-state index in [0.29, 0.717) is 12.0 Å². The number of rotatable bonds is 3. The van der Waals surface area contributed by atoms with Crippen molar-refractivity contribution in [1.82, 2.24) is 4.90 Å². The zero-order valence-corrected chi connectivity index (χ0v) is 12.7. The Morgan fingerprint density at radius 1 is 1.33 bits per heavy atom. The SMILES string of the molecule is CCN1CC2CC2(c2ccc(N3C(=O)OCC3C)cc2)C1. The molecule has 2 saturated heterocycles. The van der Waals surface area contributed by atoms with Crippen LogP contribution in [0.2, 0.25) is 0 Å². The van der Waals surface area contributed by atoms with Crippen LogP contribution in [-0.2, 0) is 10.2 Å². The predicted octanol–water partition coefficient (Wildman–Crippen LogP) is 2.62. The Morgan fingerprint density at radius 2 is 2.10 bits per heavy atom. The highest BCUT2D eigenvalue weighted by atomic mass is 16.6. The molecule has 1 amide bonds. The van der Waals surface area contributed by atoms with Crippen molar-refractivity contribution in [2.24, 2.45) is 5.92 Å². The number of hydrogen-bond acceptors (Lipinski definition) is 3. The highest BCUT2D eigenvalue weighted by Crippen LogP contribution is 2.59. The van der Waals surface area contributed by atoms with Crippen molar-refractivity contribution in [1.29, 1.82) is 0 Å². The summed E-state index contributed by atoms with van der Waals surface area (Å²) < 4.78 is 5.10. The molecule has 4 rings (SSSR count). The summed E-state index contributed by atoms with van der Waals surface area (Å²) in [6, 6.07) is 8.71. The Bertz CT molecular complexity index is 571. The maximum absolute atomic E-state index is 11.8. The maximum Gasteiger partial charge on any atom is 0.414 e. The van der Waals surface area contributed by atoms with E-state index in [1.807, 2.05) is 6.92 Å². The van der Waals surface area contributed by atoms with Gasteiger partial charge in [-0.15, -0.1) is 0 Å². The van der Waals surface area contributed by atoms with Gasteiger partial charge in [0.25, 0.3) is 0 Å². The summed E-state index contributed by atoms with van der Waals surface area (Å²) in [5.74, 6) is 0.832. The highest BCUT2D eigenvalue weighted by Gasteiger charge is 2.60. The van der Waals surface area contributed by atoms with Gasteiger partial charge in [0.05, 0.1) is 6.04 Å². The van der Waals surface area contributed by atoms with Crippen LogP contribution < -0.4 is 4.90 Å². The Labute approximate surface area is 125 Å². The molecule has 2 heterocycles. The normalized spacial score (nSPS) is 35.0. The minimum absolute atomic E-state index is 0.122. The average Bonchev–Trinajstić information content (AvgIpc) is 2.90. The van der Waals surface area contributed by atoms with Crippen LogP contribution in [0.1, 0.15) is 25.8 Å². The molecular formula is C17H22N2O2. The minimum atomic E-state index is -0.226. The summed E-state index contributed by atoms with van der Waals surface area (Å²) in [6.07, 6.45) is 1.10. The van der Waals surface area contributed by atoms with Gasteiger partial charge in [-0.25, -0.2) is 4.79 Å². The molecule has 1 aromatic carbocycles. The van der Waals surface area contributed by atoms with Crippen molar-refractivity contribution in [3.8, 4) is 0 Å². The smallest absolute Gasteiger partial charge is 0.414 e. The van der Waals surface area contributed by atoms with Gasteiger partial charge in [-0.1, -0.05) is 19.1 Å². The van der Waals surface area contributed by atoms with Crippen molar-refractivity contribution in [3.63, 3.8) is 0 Å². The summed E-state index contributed by atoms with van der Waals surface area (Å²) in [7, 11) is 0. The first-order valence-electron chi connectivity index (χ1n) is 7.93. The van der Waals surface area contributed by atoms with E-state index >= 15 is 0 Å². The number of carbonyl (C=O) groups is 1. The van der Waals surface area contributed by atoms with Crippen LogP contribution in [0.15, 0.2) is 24.3 Å². The van der Waals surface area contributed by atoms with E-state index in [0.717, 1.165) is 18.2 Å². The molecule has 3 atom stereocenters. The van der Waals surface area contributed by atoms with Crippen molar-refractivity contribution in [2.75, 3.05) is 31.1 Å². The number of carbonyl (C=O) groups excluding carboxylic acids is 1. The molecule has 0 N–H and O–H groups in total. The number of amides is 1. The van der Waals surface area contributed by atoms with Crippen LogP contribution in [0, 0.1) is 5.92 Å². The van der Waals surface area contributed by atoms with Crippen molar-refractivity contribution in [2.45, 2.75) is 31.7 Å². The summed E-state index contributed by atoms with van der Waals surface area (Å²) in [5, 5.41) is 0. The number of fused-ring (bicyclic) bond motifs is 1. The third-order valence-corrected chi connectivity index (χ3v) is 5.47. The summed E-state index contributed by atoms with van der Waals surface area (Å²) >= 11 is 0. The molecule has 112 valence electrons. The first-order valence-corrected chi connectivity index (χ1v) is 7.93. The number of cyclic esters (lactones) is 1. The van der Waals surface area contributed by atoms with Crippen LogP contribution in [0.5, 0.6) is 0 Å². The van der Waals surface area contributed by atoms with Gasteiger partial charge in [0, 0.05) is 24.2 Å². The molecule has 3 unspecified atom stereocenters. The lowest BCUT2D eigenvalue weighted by atomic mass is 9.94. The molecule has 4 heteroatoms. The van der Waals surface area contributed by atoms with E-state index in [4.69, 9.17) is 4.74 Å². The van der Waals surface area contributed by atoms with Gasteiger partial charge >= 0.3 is 6.09 Å². The molecule has 1 aliphatic carbocycles. The fraction of sp³-hybridized carbons (Fsp3) is 0.588. The quantitative estimate of drug-likeness (QED) is 0.856. The molecule has 2 aliphatic heterocycles. The molecule has 0 bridgehead atoms. The molecule has 1 saturated carbocycles. The number of piperidine rings is 1. The number of anilines is 1. The van der Waals surface area contributed by atoms with Crippen molar-refractivity contribution in [3.05, 3.63) is 29.8 Å². The third kappa shape index (κ3) is 1.89. The fourth-order valence-electron chi connectivity index (χ4n) is 4.10. The largest absolute Gasteiger partial charge is 0.447 e. The van der Waals surface area contributed by atoms with E-state index in [1.54, 1.807) is 4.90 Å². The lowest BCUT2D eigenvalue weighted by molar-refractivity contribution is 0.179. The Morgan fingerprint density at radius 3 is 2.67 bits per heavy atom. The lowest BCUT2D eigenvalue weighted by Gasteiger charge is -2.21. The zero-order valence-electron chi connectivity index (χ0n) is 12.7. The molecule has 0 aromatic heterocycles. The molecule has 1 aromatic rings. The molecular weight excluding hydrogens is 264 g/mol. The molecule has 21 heavy (non-hydrogen) atoms. The average molecular weight is 286 g/mol. The van der Waals surface area contributed by atoms with E-state index in [9.17, 15) is 4.79 Å². The van der Waals surface area contributed by atoms with E-state index in [-0.39, 0.29) is 12.1 Å². The van der Waals surface area contributed by atoms with Crippen LogP contribution >= 0.6 is 0 Å². The lowest BCUT2D eigenvalue weighted by Crippen LogP contribution is -2.31. The van der Waals surface area contributed by atoms with Gasteiger partial charge in [-0.3, -0.25) is 4.90 Å². The first kappa shape index (κ1) is 13.1. The van der Waals surface area contributed by atoms with Gasteiger partial charge in [0.1, 0.15) is 6.61 Å². The van der Waals surface area contributed by atoms with Crippen LogP contribution in [0.4, 0.5) is 10.5 Å². The molecule has 0 radical (unpaired) electrons. The Balaban J connectivity index is 1.57. The number of ether oxygens (including phenoxy) is 1. The van der Waals surface area contributed by atoms with Gasteiger partial charge in [-0.05, 0) is 43.5 Å². The van der Waals surface area contributed by atoms with Crippen LogP contribution in [-0.4, -0.2) is 43.3 Å². The maximum atomic E-state index is 11.8. The van der Waals surface area contributed by atoms with E-state index in [2.05, 4.69) is 36.1 Å². The number of likely N-dealkylation sites (N-methyl/N-ethyl adjacent to an activating group) is 1. The highest BCUT2D eigenvalue weighted by molar-refractivity contribution is 5.90. The third-order valence-electron chi connectivity index (χ3n) is 5.47. The second-order valence-corrected chi connectivity index (χ2v) is 6.73. The summed E-state index contributed by atoms with van der Waals surface area (Å²) in [4.78, 5) is 16.1. The fourth-order valence-corrected chi connectivity index (χ4v) is 4.10. The predicted molar refractivity (Wildman–Crippen MR) is 81.6 cm³/mol. The number of likely N-dealkylation sites (tertiary alicyclic amines) is 1. The summed E-state index contributed by atoms with van der Waals surface area (Å²) in [5.41, 5.74) is 2.78. The number of nitrogens with zero attached hydrogens (tertiary/aromatic N) is 2. The molecule has 4 nitrogen and oxygen atoms in total. The van der Waals surface area contributed by atoms with Crippen molar-refractivity contribution >= 4 is 11.8 Å². The van der Waals surface area contributed by atoms with E-state index in [1.165, 1.54) is 25.1 Å². The van der Waals surface area contributed by atoms with Gasteiger partial charge in [0.2, 0.25) is 0 Å². The molecule has 3 aliphatic rings. The van der Waals surface area contributed by atoms with Gasteiger partial charge < -0.3 is 9.64 Å². The van der Waals surface area contributed by atoms with Gasteiger partial charge in [-0.2, -0.15) is 0 Å². The zero-order chi connectivity index (χ0) is 14.6. The topological polar surface area (TPSA) is 32.8 Å². The van der Waals surface area contributed by atoms with Crippen LogP contribution in [0.25, 0.3) is 0 Å². The van der Waals surface area contributed by atoms with E-state index < -0.39 is 0 Å². The molecule has 0 spiro atoms. The van der Waals surface area contributed by atoms with Crippen LogP contribution in [0.3, 0.4) is 0 Å². The minimum Gasteiger partial charge on any atom is -0.447 e. The van der Waals surface area contributed by atoms with Crippen molar-refractivity contribution < 1.29 is 9.53 Å². The molecule has 3 fully saturated rings. The summed E-state index contributed by atoms with van der Waals surface area (Å²) in [6.45, 7) is 8.32. The number of hydrogen-bond donors (Lipinski definition) is 0. The van der Waals surface area contributed by atoms with Gasteiger partial charge in [0.15, 0.2) is 0 Å². The monoisotopic (exact) mass is 286 g/mol. The number of benzene rings is 1. The second-order valence-electron chi connectivity index (χ2n) is 6.73. The standard InChI is InChI=1S/C17H22N2O2/c1-3-18-9-14-8-17(14,11-18)13-4-6-15(7-5-13)19-12(2)10-21-16(19)20/h4-7,12,14H,3,8-11H2,1-2H3. The Kier molecular flexibility index (Phi) is 2.80. The Hall–Kier alpha value is -1.55. The second kappa shape index (κ2) is 4.47. The first-order chi connectivity index (χ1) is 10.1.